The van der Waals surface area contributed by atoms with E-state index in [1.165, 1.54) is 24.8 Å². The summed E-state index contributed by atoms with van der Waals surface area (Å²) >= 11 is 0. The second kappa shape index (κ2) is 5.82. The largest absolute Gasteiger partial charge is 0.295 e. The lowest BCUT2D eigenvalue weighted by atomic mass is 9.44. The molecule has 144 valence electrons. The minimum atomic E-state index is -0.0909. The molecule has 5 aliphatic rings. The number of allylic oxidation sites excluding steroid dienone is 2. The van der Waals surface area contributed by atoms with E-state index < -0.39 is 0 Å². The van der Waals surface area contributed by atoms with Gasteiger partial charge >= 0.3 is 0 Å². The van der Waals surface area contributed by atoms with E-state index in [4.69, 9.17) is 0 Å². The number of nitriles is 1. The SMILES string of the molecule is C=C[C@@H]1CC2=CC(=O)CC[C@@H]2[C@H]2CC[C@@]3(CC)[C@@H]([C@@H]4C[C@@H]4[C@@]3(C#N)CC)[C@@H]21. The van der Waals surface area contributed by atoms with E-state index in [9.17, 15) is 10.1 Å². The molecule has 0 aromatic rings. The molecule has 0 spiro atoms. The molecule has 2 heteroatoms. The Bertz CT molecular complexity index is 759. The first-order valence-electron chi connectivity index (χ1n) is 11.3. The standard InChI is InChI=1S/C25H33NO/c1-4-15-11-16-12-17(27)7-8-18(16)19-9-10-24(5-2)23(22(15)19)20-13-21(20)25(24,6-3)14-26/h4,12,15,18-23H,1,5-11,13H2,2-3H3/t15-,18+,19-,20-,21+,22-,23+,24+,25+/m1/s1. The van der Waals surface area contributed by atoms with Gasteiger partial charge in [0.25, 0.3) is 0 Å². The topological polar surface area (TPSA) is 40.9 Å². The summed E-state index contributed by atoms with van der Waals surface area (Å²) < 4.78 is 0. The monoisotopic (exact) mass is 363 g/mol. The third-order valence-corrected chi connectivity index (χ3v) is 9.99. The van der Waals surface area contributed by atoms with Crippen LogP contribution in [-0.4, -0.2) is 5.78 Å². The van der Waals surface area contributed by atoms with Gasteiger partial charge in [0.05, 0.1) is 11.5 Å². The second-order valence-corrected chi connectivity index (χ2v) is 10.2. The molecule has 0 aromatic carbocycles. The predicted molar refractivity (Wildman–Crippen MR) is 106 cm³/mol. The Morgan fingerprint density at radius 3 is 2.78 bits per heavy atom. The first-order chi connectivity index (χ1) is 13.1. The zero-order valence-electron chi connectivity index (χ0n) is 16.9. The molecule has 0 radical (unpaired) electrons. The molecular weight excluding hydrogens is 330 g/mol. The van der Waals surface area contributed by atoms with Crippen molar-refractivity contribution in [1.29, 1.82) is 5.26 Å². The van der Waals surface area contributed by atoms with Crippen LogP contribution in [0.4, 0.5) is 0 Å². The van der Waals surface area contributed by atoms with Gasteiger partial charge in [0.15, 0.2) is 5.78 Å². The molecule has 0 amide bonds. The number of fused-ring (bicyclic) bond motifs is 7. The molecule has 4 fully saturated rings. The van der Waals surface area contributed by atoms with Gasteiger partial charge in [-0.25, -0.2) is 0 Å². The van der Waals surface area contributed by atoms with Gasteiger partial charge in [-0.2, -0.15) is 5.26 Å². The quantitative estimate of drug-likeness (QED) is 0.603. The number of nitrogens with zero attached hydrogens (tertiary/aromatic N) is 1. The lowest BCUT2D eigenvalue weighted by Crippen LogP contribution is -2.54. The van der Waals surface area contributed by atoms with Crippen molar-refractivity contribution in [3.63, 3.8) is 0 Å². The van der Waals surface area contributed by atoms with Crippen molar-refractivity contribution in [2.24, 2.45) is 52.3 Å². The molecule has 0 bridgehead atoms. The summed E-state index contributed by atoms with van der Waals surface area (Å²) in [6.07, 6.45) is 13.0. The maximum absolute atomic E-state index is 12.0. The molecular formula is C25H33NO. The summed E-state index contributed by atoms with van der Waals surface area (Å²) in [7, 11) is 0. The fraction of sp³-hybridized carbons (Fsp3) is 0.760. The fourth-order valence-electron chi connectivity index (χ4n) is 9.07. The van der Waals surface area contributed by atoms with Crippen molar-refractivity contribution in [3.05, 3.63) is 24.3 Å². The number of ketones is 1. The molecule has 5 rings (SSSR count). The number of hydrogen-bond acceptors (Lipinski definition) is 2. The van der Waals surface area contributed by atoms with Crippen molar-refractivity contribution >= 4 is 5.78 Å². The van der Waals surface area contributed by atoms with Crippen LogP contribution >= 0.6 is 0 Å². The molecule has 2 nitrogen and oxygen atoms in total. The van der Waals surface area contributed by atoms with Crippen molar-refractivity contribution in [3.8, 4) is 6.07 Å². The third kappa shape index (κ3) is 1.99. The van der Waals surface area contributed by atoms with E-state index in [-0.39, 0.29) is 10.8 Å². The van der Waals surface area contributed by atoms with Crippen LogP contribution in [0.1, 0.15) is 65.2 Å². The summed E-state index contributed by atoms with van der Waals surface area (Å²) in [5.74, 6) is 4.96. The van der Waals surface area contributed by atoms with E-state index >= 15 is 0 Å². The van der Waals surface area contributed by atoms with Crippen LogP contribution in [0.15, 0.2) is 24.3 Å². The van der Waals surface area contributed by atoms with E-state index in [0.717, 1.165) is 38.0 Å². The second-order valence-electron chi connectivity index (χ2n) is 10.2. The molecule has 5 aliphatic carbocycles. The Morgan fingerprint density at radius 1 is 1.30 bits per heavy atom. The fourth-order valence-corrected chi connectivity index (χ4v) is 9.07. The van der Waals surface area contributed by atoms with Gasteiger partial charge in [0, 0.05) is 6.42 Å². The van der Waals surface area contributed by atoms with Gasteiger partial charge in [0.1, 0.15) is 0 Å². The zero-order chi connectivity index (χ0) is 19.0. The van der Waals surface area contributed by atoms with Crippen LogP contribution in [0.2, 0.25) is 0 Å². The highest BCUT2D eigenvalue weighted by Gasteiger charge is 2.77. The van der Waals surface area contributed by atoms with E-state index in [0.29, 0.717) is 41.3 Å². The van der Waals surface area contributed by atoms with Crippen LogP contribution in [0, 0.1) is 63.6 Å². The lowest BCUT2D eigenvalue weighted by molar-refractivity contribution is -0.117. The van der Waals surface area contributed by atoms with Crippen LogP contribution < -0.4 is 0 Å². The molecule has 0 heterocycles. The smallest absolute Gasteiger partial charge is 0.155 e. The highest BCUT2D eigenvalue weighted by Crippen LogP contribution is 2.81. The van der Waals surface area contributed by atoms with Crippen LogP contribution in [-0.2, 0) is 4.79 Å². The number of carbonyl (C=O) groups is 1. The molecule has 27 heavy (non-hydrogen) atoms. The average Bonchev–Trinajstić information content (AvgIpc) is 3.44. The van der Waals surface area contributed by atoms with Gasteiger partial charge in [-0.1, -0.05) is 25.5 Å². The molecule has 0 aromatic heterocycles. The summed E-state index contributed by atoms with van der Waals surface area (Å²) in [6, 6.07) is 2.92. The van der Waals surface area contributed by atoms with Crippen molar-refractivity contribution < 1.29 is 4.79 Å². The summed E-state index contributed by atoms with van der Waals surface area (Å²) in [5.41, 5.74) is 1.55. The van der Waals surface area contributed by atoms with Gasteiger partial charge in [0.2, 0.25) is 0 Å². The van der Waals surface area contributed by atoms with Gasteiger partial charge in [-0.15, -0.1) is 6.58 Å². The molecule has 0 aliphatic heterocycles. The normalized spacial score (nSPS) is 52.6. The molecule has 0 N–H and O–H groups in total. The summed E-state index contributed by atoms with van der Waals surface area (Å²) in [5, 5.41) is 10.4. The summed E-state index contributed by atoms with van der Waals surface area (Å²) in [6.45, 7) is 8.86. The Balaban J connectivity index is 1.60. The first kappa shape index (κ1) is 17.7. The van der Waals surface area contributed by atoms with Gasteiger partial charge in [-0.3, -0.25) is 4.79 Å². The first-order valence-corrected chi connectivity index (χ1v) is 11.3. The maximum Gasteiger partial charge on any atom is 0.155 e. The molecule has 0 unspecified atom stereocenters. The van der Waals surface area contributed by atoms with Crippen LogP contribution in [0.25, 0.3) is 0 Å². The molecule has 0 saturated heterocycles. The van der Waals surface area contributed by atoms with E-state index in [1.807, 2.05) is 6.08 Å². The Kier molecular flexibility index (Phi) is 3.82. The number of carbonyl (C=O) groups excluding carboxylic acids is 1. The van der Waals surface area contributed by atoms with Crippen molar-refractivity contribution in [2.45, 2.75) is 65.2 Å². The predicted octanol–water partition coefficient (Wildman–Crippen LogP) is 5.71. The number of rotatable bonds is 3. The molecule has 9 atom stereocenters. The minimum absolute atomic E-state index is 0.0909. The van der Waals surface area contributed by atoms with Crippen LogP contribution in [0.3, 0.4) is 0 Å². The van der Waals surface area contributed by atoms with Gasteiger partial charge < -0.3 is 0 Å². The van der Waals surface area contributed by atoms with Crippen molar-refractivity contribution in [2.75, 3.05) is 0 Å². The number of hydrogen-bond donors (Lipinski definition) is 0. The van der Waals surface area contributed by atoms with Crippen molar-refractivity contribution in [1.82, 2.24) is 0 Å². The Labute approximate surface area is 164 Å². The van der Waals surface area contributed by atoms with Gasteiger partial charge in [-0.05, 0) is 97.9 Å². The van der Waals surface area contributed by atoms with E-state index in [1.54, 1.807) is 0 Å². The Morgan fingerprint density at radius 2 is 2.11 bits per heavy atom. The third-order valence-electron chi connectivity index (χ3n) is 9.99. The average molecular weight is 364 g/mol. The minimum Gasteiger partial charge on any atom is -0.295 e. The molecule has 4 saturated carbocycles. The zero-order valence-corrected chi connectivity index (χ0v) is 16.9. The lowest BCUT2D eigenvalue weighted by Gasteiger charge is -2.60. The van der Waals surface area contributed by atoms with E-state index in [2.05, 4.69) is 32.6 Å². The summed E-state index contributed by atoms with van der Waals surface area (Å²) in [4.78, 5) is 12.0. The highest BCUT2D eigenvalue weighted by molar-refractivity contribution is 5.91. The highest BCUT2D eigenvalue weighted by atomic mass is 16.1. The maximum atomic E-state index is 12.0. The Hall–Kier alpha value is -1.36. The van der Waals surface area contributed by atoms with Crippen LogP contribution in [0.5, 0.6) is 0 Å².